The number of hydrogen-bond acceptors (Lipinski definition) is 7. The van der Waals surface area contributed by atoms with Gasteiger partial charge in [0.25, 0.3) is 0 Å². The molecule has 0 aliphatic heterocycles. The van der Waals surface area contributed by atoms with E-state index in [0.717, 1.165) is 48.1 Å². The minimum atomic E-state index is -1.42. The summed E-state index contributed by atoms with van der Waals surface area (Å²) in [6.45, 7) is 4.41. The molecule has 0 spiro atoms. The number of rotatable bonds is 14. The maximum atomic E-state index is 12.1. The van der Waals surface area contributed by atoms with Crippen molar-refractivity contribution in [2.45, 2.75) is 25.7 Å². The third-order valence-corrected chi connectivity index (χ3v) is 5.48. The first-order chi connectivity index (χ1) is 18.9. The van der Waals surface area contributed by atoms with Gasteiger partial charge in [0.05, 0.1) is 13.2 Å². The minimum absolute atomic E-state index is 0.133. The van der Waals surface area contributed by atoms with Crippen LogP contribution in [0.3, 0.4) is 0 Å². The molecular formula is C31H30O8. The summed E-state index contributed by atoms with van der Waals surface area (Å²) >= 11 is 0. The van der Waals surface area contributed by atoms with Crippen LogP contribution in [-0.4, -0.2) is 36.4 Å². The fourth-order valence-corrected chi connectivity index (χ4v) is 3.50. The van der Waals surface area contributed by atoms with E-state index in [2.05, 4.69) is 11.3 Å². The van der Waals surface area contributed by atoms with E-state index in [1.54, 1.807) is 6.08 Å². The number of benzene rings is 3. The summed E-state index contributed by atoms with van der Waals surface area (Å²) in [5.41, 5.74) is 2.91. The average Bonchev–Trinajstić information content (AvgIpc) is 2.94. The first-order valence-corrected chi connectivity index (χ1v) is 12.5. The summed E-state index contributed by atoms with van der Waals surface area (Å²) in [5.74, 6) is 0.268. The van der Waals surface area contributed by atoms with Crippen LogP contribution in [-0.2, 0) is 14.3 Å². The molecular weight excluding hydrogens is 500 g/mol. The zero-order chi connectivity index (χ0) is 27.9. The van der Waals surface area contributed by atoms with Crippen molar-refractivity contribution >= 4 is 24.2 Å². The van der Waals surface area contributed by atoms with Crippen LogP contribution in [0.1, 0.15) is 31.2 Å². The van der Waals surface area contributed by atoms with Crippen LogP contribution < -0.4 is 14.2 Å². The van der Waals surface area contributed by atoms with E-state index < -0.39 is 12.1 Å². The van der Waals surface area contributed by atoms with E-state index in [-0.39, 0.29) is 17.5 Å². The van der Waals surface area contributed by atoms with E-state index in [9.17, 15) is 14.4 Å². The topological polar surface area (TPSA) is 108 Å². The van der Waals surface area contributed by atoms with Crippen molar-refractivity contribution in [2.24, 2.45) is 0 Å². The van der Waals surface area contributed by atoms with Gasteiger partial charge in [-0.2, -0.15) is 0 Å². The molecule has 3 aromatic rings. The highest BCUT2D eigenvalue weighted by Crippen LogP contribution is 2.24. The lowest BCUT2D eigenvalue weighted by Gasteiger charge is -2.08. The first-order valence-electron chi connectivity index (χ1n) is 12.5. The number of esters is 2. The first kappa shape index (κ1) is 28.7. The number of ether oxygens (including phenoxy) is 4. The number of unbranched alkanes of at least 4 members (excludes halogenated alkanes) is 3. The number of carbonyl (C=O) groups excluding carboxylic acids is 2. The summed E-state index contributed by atoms with van der Waals surface area (Å²) < 4.78 is 20.5. The van der Waals surface area contributed by atoms with Gasteiger partial charge in [-0.3, -0.25) is 0 Å². The van der Waals surface area contributed by atoms with Gasteiger partial charge in [-0.25, -0.2) is 14.4 Å². The standard InChI is InChI=1S/C31H30O8/c1-2-29(32)37-22-6-4-3-5-21-36-26-14-12-25(13-15-26)24-10-7-23(8-11-24)9-20-30(33)38-27-16-18-28(19-17-27)39-31(34)35/h2,7-20H,1,3-6,21-22H2,(H,34,35)/b20-9+. The molecule has 0 fully saturated rings. The molecule has 39 heavy (non-hydrogen) atoms. The maximum absolute atomic E-state index is 12.1. The minimum Gasteiger partial charge on any atom is -0.494 e. The molecule has 0 aliphatic carbocycles. The highest BCUT2D eigenvalue weighted by atomic mass is 16.7. The molecule has 0 aliphatic rings. The normalized spacial score (nSPS) is 10.6. The molecule has 1 N–H and O–H groups in total. The predicted molar refractivity (Wildman–Crippen MR) is 147 cm³/mol. The maximum Gasteiger partial charge on any atom is 0.511 e. The number of hydrogen-bond donors (Lipinski definition) is 1. The van der Waals surface area contributed by atoms with E-state index in [1.165, 1.54) is 36.4 Å². The monoisotopic (exact) mass is 530 g/mol. The van der Waals surface area contributed by atoms with Gasteiger partial charge in [0.1, 0.15) is 17.2 Å². The second-order valence-electron chi connectivity index (χ2n) is 8.37. The van der Waals surface area contributed by atoms with Crippen molar-refractivity contribution in [1.29, 1.82) is 0 Å². The molecule has 3 rings (SSSR count). The lowest BCUT2D eigenvalue weighted by atomic mass is 10.0. The third-order valence-electron chi connectivity index (χ3n) is 5.48. The molecule has 8 heteroatoms. The van der Waals surface area contributed by atoms with Crippen LogP contribution in [0.2, 0.25) is 0 Å². The highest BCUT2D eigenvalue weighted by molar-refractivity contribution is 5.88. The summed E-state index contributed by atoms with van der Waals surface area (Å²) in [7, 11) is 0. The molecule has 0 heterocycles. The van der Waals surface area contributed by atoms with Gasteiger partial charge in [-0.15, -0.1) is 0 Å². The molecule has 0 radical (unpaired) electrons. The molecule has 0 amide bonds. The van der Waals surface area contributed by atoms with Gasteiger partial charge >= 0.3 is 18.1 Å². The van der Waals surface area contributed by atoms with E-state index in [4.69, 9.17) is 19.3 Å². The van der Waals surface area contributed by atoms with Crippen LogP contribution in [0, 0.1) is 0 Å². The van der Waals surface area contributed by atoms with Crippen molar-refractivity contribution < 1.29 is 38.4 Å². The Morgan fingerprint density at radius 2 is 1.21 bits per heavy atom. The zero-order valence-corrected chi connectivity index (χ0v) is 21.4. The zero-order valence-electron chi connectivity index (χ0n) is 21.4. The molecule has 0 saturated heterocycles. The predicted octanol–water partition coefficient (Wildman–Crippen LogP) is 6.70. The second kappa shape index (κ2) is 15.4. The van der Waals surface area contributed by atoms with Gasteiger partial charge in [-0.1, -0.05) is 43.0 Å². The van der Waals surface area contributed by atoms with E-state index >= 15 is 0 Å². The Morgan fingerprint density at radius 1 is 0.667 bits per heavy atom. The van der Waals surface area contributed by atoms with Gasteiger partial charge in [0, 0.05) is 12.2 Å². The molecule has 0 saturated carbocycles. The number of carboxylic acid groups (broad SMARTS) is 1. The third kappa shape index (κ3) is 10.6. The van der Waals surface area contributed by atoms with Gasteiger partial charge in [0.15, 0.2) is 0 Å². The fourth-order valence-electron chi connectivity index (χ4n) is 3.50. The summed E-state index contributed by atoms with van der Waals surface area (Å²) in [5, 5.41) is 8.60. The van der Waals surface area contributed by atoms with Crippen molar-refractivity contribution in [3.05, 3.63) is 97.1 Å². The molecule has 0 atom stereocenters. The SMILES string of the molecule is C=CC(=O)OCCCCCCOc1ccc(-c2ccc(/C=C/C(=O)Oc3ccc(OC(=O)O)cc3)cc2)cc1. The largest absolute Gasteiger partial charge is 0.511 e. The lowest BCUT2D eigenvalue weighted by Crippen LogP contribution is -2.05. The van der Waals surface area contributed by atoms with E-state index in [1.807, 2.05) is 48.5 Å². The molecule has 3 aromatic carbocycles. The average molecular weight is 531 g/mol. The fraction of sp³-hybridized carbons (Fsp3) is 0.194. The van der Waals surface area contributed by atoms with Crippen molar-refractivity contribution in [3.8, 4) is 28.4 Å². The van der Waals surface area contributed by atoms with Gasteiger partial charge in [0.2, 0.25) is 0 Å². The van der Waals surface area contributed by atoms with Crippen LogP contribution in [0.25, 0.3) is 17.2 Å². The van der Waals surface area contributed by atoms with E-state index in [0.29, 0.717) is 13.2 Å². The van der Waals surface area contributed by atoms with Crippen molar-refractivity contribution in [2.75, 3.05) is 13.2 Å². The van der Waals surface area contributed by atoms with Crippen LogP contribution in [0.5, 0.6) is 17.2 Å². The summed E-state index contributed by atoms with van der Waals surface area (Å²) in [6, 6.07) is 21.3. The molecule has 8 nitrogen and oxygen atoms in total. The van der Waals surface area contributed by atoms with Crippen molar-refractivity contribution in [1.82, 2.24) is 0 Å². The smallest absolute Gasteiger partial charge is 0.494 e. The Labute approximate surface area is 227 Å². The van der Waals surface area contributed by atoms with Gasteiger partial charge in [-0.05, 0) is 84.8 Å². The quantitative estimate of drug-likeness (QED) is 0.0807. The number of carbonyl (C=O) groups is 3. The highest BCUT2D eigenvalue weighted by Gasteiger charge is 2.05. The Bertz CT molecular complexity index is 1260. The Balaban J connectivity index is 1.39. The van der Waals surface area contributed by atoms with Crippen LogP contribution in [0.4, 0.5) is 4.79 Å². The summed E-state index contributed by atoms with van der Waals surface area (Å²) in [4.78, 5) is 33.6. The van der Waals surface area contributed by atoms with Crippen molar-refractivity contribution in [3.63, 3.8) is 0 Å². The van der Waals surface area contributed by atoms with Crippen LogP contribution in [0.15, 0.2) is 91.5 Å². The van der Waals surface area contributed by atoms with Gasteiger partial charge < -0.3 is 24.1 Å². The molecule has 0 unspecified atom stereocenters. The molecule has 0 aromatic heterocycles. The Kier molecular flexibility index (Phi) is 11.3. The Morgan fingerprint density at radius 3 is 1.79 bits per heavy atom. The van der Waals surface area contributed by atoms with Crippen LogP contribution >= 0.6 is 0 Å². The Hall–Kier alpha value is -4.85. The molecule has 0 bridgehead atoms. The lowest BCUT2D eigenvalue weighted by molar-refractivity contribution is -0.137. The summed E-state index contributed by atoms with van der Waals surface area (Å²) in [6.07, 6.45) is 6.45. The second-order valence-corrected chi connectivity index (χ2v) is 8.37. The molecule has 202 valence electrons.